The van der Waals surface area contributed by atoms with Gasteiger partial charge in [-0.1, -0.05) is 30.3 Å². The number of piperidine rings is 1. The first kappa shape index (κ1) is 17.3. The summed E-state index contributed by atoms with van der Waals surface area (Å²) in [5, 5.41) is 0. The van der Waals surface area contributed by atoms with Crippen LogP contribution in [0.15, 0.2) is 30.3 Å². The number of amides is 1. The first-order valence-electron chi connectivity index (χ1n) is 9.48. The summed E-state index contributed by atoms with van der Waals surface area (Å²) >= 11 is 0. The van der Waals surface area contributed by atoms with E-state index in [0.29, 0.717) is 18.9 Å². The number of benzene rings is 1. The number of hydrogen-bond donors (Lipinski definition) is 0. The predicted molar refractivity (Wildman–Crippen MR) is 95.3 cm³/mol. The fourth-order valence-electron chi connectivity index (χ4n) is 5.05. The molecule has 1 saturated heterocycles. The number of fused-ring (bicyclic) bond motifs is 1. The Morgan fingerprint density at radius 1 is 1.19 bits per heavy atom. The van der Waals surface area contributed by atoms with Crippen molar-refractivity contribution < 1.29 is 19.1 Å². The van der Waals surface area contributed by atoms with Gasteiger partial charge >= 0.3 is 5.97 Å². The lowest BCUT2D eigenvalue weighted by molar-refractivity contribution is -0.179. The van der Waals surface area contributed by atoms with E-state index in [2.05, 4.69) is 0 Å². The fraction of sp³-hybridized carbons (Fsp3) is 0.571. The molecule has 26 heavy (non-hydrogen) atoms. The third-order valence-corrected chi connectivity index (χ3v) is 6.59. The van der Waals surface area contributed by atoms with Crippen LogP contribution in [0.4, 0.5) is 0 Å². The summed E-state index contributed by atoms with van der Waals surface area (Å²) in [4.78, 5) is 41.0. The maximum atomic E-state index is 13.6. The SMILES string of the molecule is COC(=O)[C@]12CCC(=O)C[C@@]1(c1ccccc1)CCN(CC1CC1)C2=O. The van der Waals surface area contributed by atoms with E-state index >= 15 is 0 Å². The number of carbonyl (C=O) groups excluding carboxylic acids is 3. The van der Waals surface area contributed by atoms with E-state index in [9.17, 15) is 14.4 Å². The topological polar surface area (TPSA) is 63.7 Å². The fourth-order valence-corrected chi connectivity index (χ4v) is 5.05. The van der Waals surface area contributed by atoms with Crippen molar-refractivity contribution in [2.24, 2.45) is 11.3 Å². The lowest BCUT2D eigenvalue weighted by atomic mass is 9.49. The number of ketones is 1. The lowest BCUT2D eigenvalue weighted by Crippen LogP contribution is -2.67. The molecule has 3 fully saturated rings. The van der Waals surface area contributed by atoms with Gasteiger partial charge in [0.15, 0.2) is 5.41 Å². The van der Waals surface area contributed by atoms with Crippen LogP contribution in [0.3, 0.4) is 0 Å². The Bertz CT molecular complexity index is 742. The van der Waals surface area contributed by atoms with E-state index in [1.165, 1.54) is 7.11 Å². The van der Waals surface area contributed by atoms with Crippen LogP contribution in [-0.4, -0.2) is 42.8 Å². The van der Waals surface area contributed by atoms with E-state index in [1.54, 1.807) is 0 Å². The second-order valence-electron chi connectivity index (χ2n) is 8.01. The molecule has 5 nitrogen and oxygen atoms in total. The van der Waals surface area contributed by atoms with Crippen LogP contribution in [0.2, 0.25) is 0 Å². The Morgan fingerprint density at radius 3 is 2.58 bits per heavy atom. The average Bonchev–Trinajstić information content (AvgIpc) is 3.48. The zero-order chi connectivity index (χ0) is 18.4. The van der Waals surface area contributed by atoms with Crippen LogP contribution in [0.25, 0.3) is 0 Å². The zero-order valence-corrected chi connectivity index (χ0v) is 15.2. The van der Waals surface area contributed by atoms with Gasteiger partial charge in [-0.25, -0.2) is 0 Å². The Balaban J connectivity index is 1.85. The lowest BCUT2D eigenvalue weighted by Gasteiger charge is -2.55. The summed E-state index contributed by atoms with van der Waals surface area (Å²) in [6.45, 7) is 1.31. The number of methoxy groups -OCH3 is 1. The molecule has 138 valence electrons. The second kappa shape index (κ2) is 6.22. The number of esters is 1. The molecule has 1 aromatic carbocycles. The Labute approximate surface area is 153 Å². The molecule has 2 atom stereocenters. The third-order valence-electron chi connectivity index (χ3n) is 6.59. The Hall–Kier alpha value is -2.17. The van der Waals surface area contributed by atoms with Crippen LogP contribution in [-0.2, 0) is 24.5 Å². The first-order valence-corrected chi connectivity index (χ1v) is 9.48. The summed E-state index contributed by atoms with van der Waals surface area (Å²) in [5.74, 6) is 0.0538. The average molecular weight is 355 g/mol. The van der Waals surface area contributed by atoms with E-state index < -0.39 is 16.8 Å². The van der Waals surface area contributed by atoms with Crippen LogP contribution in [0.1, 0.15) is 44.1 Å². The molecule has 4 rings (SSSR count). The number of Topliss-reactive ketones (excluding diaryl/α,β-unsaturated/α-hetero) is 1. The van der Waals surface area contributed by atoms with Gasteiger partial charge in [0.25, 0.3) is 0 Å². The summed E-state index contributed by atoms with van der Waals surface area (Å²) in [7, 11) is 1.34. The van der Waals surface area contributed by atoms with E-state index in [1.807, 2.05) is 35.2 Å². The van der Waals surface area contributed by atoms with Crippen molar-refractivity contribution >= 4 is 17.7 Å². The molecule has 1 heterocycles. The van der Waals surface area contributed by atoms with Crippen molar-refractivity contribution in [1.29, 1.82) is 0 Å². The number of carbonyl (C=O) groups is 3. The minimum absolute atomic E-state index is 0.122. The van der Waals surface area contributed by atoms with Crippen molar-refractivity contribution in [2.45, 2.75) is 43.9 Å². The predicted octanol–water partition coefficient (Wildman–Crippen LogP) is 2.48. The molecule has 5 heteroatoms. The van der Waals surface area contributed by atoms with Crippen molar-refractivity contribution in [3.05, 3.63) is 35.9 Å². The van der Waals surface area contributed by atoms with Crippen molar-refractivity contribution in [3.8, 4) is 0 Å². The molecular weight excluding hydrogens is 330 g/mol. The molecule has 1 amide bonds. The number of rotatable bonds is 4. The highest BCUT2D eigenvalue weighted by Crippen LogP contribution is 2.57. The number of likely N-dealkylation sites (tertiary alicyclic amines) is 1. The largest absolute Gasteiger partial charge is 0.468 e. The maximum Gasteiger partial charge on any atom is 0.322 e. The normalized spacial score (nSPS) is 31.5. The summed E-state index contributed by atoms with van der Waals surface area (Å²) < 4.78 is 5.17. The highest BCUT2D eigenvalue weighted by atomic mass is 16.5. The third kappa shape index (κ3) is 2.40. The molecule has 3 aliphatic rings. The maximum absolute atomic E-state index is 13.6. The van der Waals surface area contributed by atoms with Crippen LogP contribution in [0, 0.1) is 11.3 Å². The molecule has 2 saturated carbocycles. The highest BCUT2D eigenvalue weighted by Gasteiger charge is 2.68. The molecular formula is C21H25NO4. The molecule has 0 unspecified atom stereocenters. The monoisotopic (exact) mass is 355 g/mol. The Morgan fingerprint density at radius 2 is 1.92 bits per heavy atom. The number of ether oxygens (including phenoxy) is 1. The van der Waals surface area contributed by atoms with E-state index in [0.717, 1.165) is 24.9 Å². The van der Waals surface area contributed by atoms with Gasteiger partial charge in [0.1, 0.15) is 5.78 Å². The minimum Gasteiger partial charge on any atom is -0.468 e. The number of nitrogens with zero attached hydrogens (tertiary/aromatic N) is 1. The molecule has 1 aliphatic heterocycles. The molecule has 0 N–H and O–H groups in total. The van der Waals surface area contributed by atoms with E-state index in [-0.39, 0.29) is 31.0 Å². The molecule has 0 aromatic heterocycles. The summed E-state index contributed by atoms with van der Waals surface area (Å²) in [6.07, 6.45) is 3.65. The molecule has 0 spiro atoms. The summed E-state index contributed by atoms with van der Waals surface area (Å²) in [6, 6.07) is 9.62. The van der Waals surface area contributed by atoms with E-state index in [4.69, 9.17) is 4.74 Å². The molecule has 0 bridgehead atoms. The van der Waals surface area contributed by atoms with Gasteiger partial charge in [-0.3, -0.25) is 14.4 Å². The summed E-state index contributed by atoms with van der Waals surface area (Å²) in [5.41, 5.74) is -1.18. The second-order valence-corrected chi connectivity index (χ2v) is 8.01. The van der Waals surface area contributed by atoms with Gasteiger partial charge in [-0.2, -0.15) is 0 Å². The van der Waals surface area contributed by atoms with Crippen LogP contribution in [0.5, 0.6) is 0 Å². The minimum atomic E-state index is -1.29. The van der Waals surface area contributed by atoms with Gasteiger partial charge in [-0.15, -0.1) is 0 Å². The van der Waals surface area contributed by atoms with Gasteiger partial charge in [0.2, 0.25) is 5.91 Å². The number of hydrogen-bond acceptors (Lipinski definition) is 4. The van der Waals surface area contributed by atoms with Crippen LogP contribution < -0.4 is 0 Å². The first-order chi connectivity index (χ1) is 12.5. The quantitative estimate of drug-likeness (QED) is 0.615. The van der Waals surface area contributed by atoms with Crippen LogP contribution >= 0.6 is 0 Å². The van der Waals surface area contributed by atoms with Crippen molar-refractivity contribution in [1.82, 2.24) is 4.90 Å². The van der Waals surface area contributed by atoms with Gasteiger partial charge in [0, 0.05) is 31.3 Å². The van der Waals surface area contributed by atoms with Gasteiger partial charge in [0.05, 0.1) is 7.11 Å². The molecule has 1 aromatic rings. The Kier molecular flexibility index (Phi) is 4.13. The van der Waals surface area contributed by atoms with Crippen molar-refractivity contribution in [2.75, 3.05) is 20.2 Å². The highest BCUT2D eigenvalue weighted by molar-refractivity contribution is 6.07. The smallest absolute Gasteiger partial charge is 0.322 e. The molecule has 2 aliphatic carbocycles. The van der Waals surface area contributed by atoms with Gasteiger partial charge in [-0.05, 0) is 37.2 Å². The molecule has 0 radical (unpaired) electrons. The van der Waals surface area contributed by atoms with Gasteiger partial charge < -0.3 is 9.64 Å². The zero-order valence-electron chi connectivity index (χ0n) is 15.2. The van der Waals surface area contributed by atoms with Crippen molar-refractivity contribution in [3.63, 3.8) is 0 Å². The standard InChI is InChI=1S/C21H25NO4/c1-26-19(25)21-10-9-17(23)13-20(21,16-5-3-2-4-6-16)11-12-22(18(21)24)14-15-7-8-15/h2-6,15H,7-14H2,1H3/t20-,21-/m1/s1.